The normalized spacial score (nSPS) is 12.7. The Morgan fingerprint density at radius 1 is 1.03 bits per heavy atom. The number of fused-ring (bicyclic) bond motifs is 2. The number of amides is 2. The molecule has 0 bridgehead atoms. The SMILES string of the molecule is CCCCN(C)C(=O)c1ccc2c(c1)N(Cc1cccc(F)c1)C(=O)c1ccccc1S2. The fourth-order valence-electron chi connectivity index (χ4n) is 3.75. The molecule has 0 radical (unpaired) electrons. The van der Waals surface area contributed by atoms with E-state index in [4.69, 9.17) is 0 Å². The van der Waals surface area contributed by atoms with E-state index in [-0.39, 0.29) is 24.2 Å². The molecule has 0 spiro atoms. The third kappa shape index (κ3) is 4.55. The fraction of sp³-hybridized carbons (Fsp3) is 0.231. The molecule has 0 aromatic heterocycles. The first kappa shape index (κ1) is 22.1. The van der Waals surface area contributed by atoms with E-state index < -0.39 is 0 Å². The minimum Gasteiger partial charge on any atom is -0.342 e. The molecule has 6 heteroatoms. The van der Waals surface area contributed by atoms with Gasteiger partial charge in [0.1, 0.15) is 5.82 Å². The van der Waals surface area contributed by atoms with Crippen LogP contribution in [0.2, 0.25) is 0 Å². The number of carbonyl (C=O) groups excluding carboxylic acids is 2. The van der Waals surface area contributed by atoms with Gasteiger partial charge in [-0.05, 0) is 54.4 Å². The average molecular weight is 449 g/mol. The molecule has 0 aliphatic carbocycles. The van der Waals surface area contributed by atoms with E-state index in [1.807, 2.05) is 30.3 Å². The molecule has 0 saturated carbocycles. The van der Waals surface area contributed by atoms with Crippen molar-refractivity contribution in [3.05, 3.63) is 89.2 Å². The number of anilines is 1. The summed E-state index contributed by atoms with van der Waals surface area (Å²) in [6.45, 7) is 2.98. The molecule has 0 fully saturated rings. The van der Waals surface area contributed by atoms with Crippen molar-refractivity contribution in [3.63, 3.8) is 0 Å². The van der Waals surface area contributed by atoms with Crippen molar-refractivity contribution < 1.29 is 14.0 Å². The molecule has 1 aliphatic rings. The summed E-state index contributed by atoms with van der Waals surface area (Å²) in [5.74, 6) is -0.590. The summed E-state index contributed by atoms with van der Waals surface area (Å²) >= 11 is 1.51. The number of carbonyl (C=O) groups is 2. The van der Waals surface area contributed by atoms with Crippen LogP contribution in [0.1, 0.15) is 46.0 Å². The van der Waals surface area contributed by atoms with Crippen LogP contribution in [0.5, 0.6) is 0 Å². The Morgan fingerprint density at radius 2 is 1.84 bits per heavy atom. The van der Waals surface area contributed by atoms with Crippen LogP contribution < -0.4 is 4.90 Å². The van der Waals surface area contributed by atoms with Gasteiger partial charge in [-0.15, -0.1) is 0 Å². The summed E-state index contributed by atoms with van der Waals surface area (Å²) in [6.07, 6.45) is 1.94. The second kappa shape index (κ2) is 9.57. The minimum atomic E-state index is -0.346. The van der Waals surface area contributed by atoms with E-state index in [1.54, 1.807) is 41.1 Å². The van der Waals surface area contributed by atoms with E-state index in [9.17, 15) is 14.0 Å². The van der Waals surface area contributed by atoms with Crippen molar-refractivity contribution in [2.45, 2.75) is 36.1 Å². The molecule has 0 atom stereocenters. The van der Waals surface area contributed by atoms with Gasteiger partial charge in [0.15, 0.2) is 0 Å². The zero-order valence-electron chi connectivity index (χ0n) is 18.2. The van der Waals surface area contributed by atoms with Crippen LogP contribution in [0.15, 0.2) is 76.5 Å². The Kier molecular flexibility index (Phi) is 6.61. The quantitative estimate of drug-likeness (QED) is 0.464. The second-order valence-corrected chi connectivity index (χ2v) is 8.97. The number of hydrogen-bond donors (Lipinski definition) is 0. The first-order chi connectivity index (χ1) is 15.5. The summed E-state index contributed by atoms with van der Waals surface area (Å²) in [7, 11) is 1.80. The molecule has 164 valence electrons. The maximum absolute atomic E-state index is 13.8. The van der Waals surface area contributed by atoms with E-state index in [1.165, 1.54) is 23.9 Å². The lowest BCUT2D eigenvalue weighted by Crippen LogP contribution is -2.31. The van der Waals surface area contributed by atoms with E-state index in [0.29, 0.717) is 28.9 Å². The first-order valence-electron chi connectivity index (χ1n) is 10.7. The molecule has 3 aromatic rings. The molecule has 3 aromatic carbocycles. The standard InChI is InChI=1S/C26H25FN2O2S/c1-3-4-14-28(2)25(30)19-12-13-24-22(16-19)29(17-18-8-7-9-20(27)15-18)26(31)21-10-5-6-11-23(21)32-24/h5-13,15-16H,3-4,14,17H2,1-2H3. The number of rotatable bonds is 6. The molecule has 0 unspecified atom stereocenters. The maximum Gasteiger partial charge on any atom is 0.259 e. The summed E-state index contributed by atoms with van der Waals surface area (Å²) in [6, 6.07) is 19.2. The summed E-state index contributed by atoms with van der Waals surface area (Å²) in [5, 5.41) is 0. The zero-order valence-corrected chi connectivity index (χ0v) is 19.0. The van der Waals surface area contributed by atoms with Gasteiger partial charge in [0.25, 0.3) is 11.8 Å². The van der Waals surface area contributed by atoms with Gasteiger partial charge < -0.3 is 9.80 Å². The minimum absolute atomic E-state index is 0.0776. The van der Waals surface area contributed by atoms with Gasteiger partial charge in [-0.3, -0.25) is 9.59 Å². The largest absolute Gasteiger partial charge is 0.342 e. The van der Waals surface area contributed by atoms with Crippen molar-refractivity contribution in [1.29, 1.82) is 0 Å². The lowest BCUT2D eigenvalue weighted by atomic mass is 10.1. The second-order valence-electron chi connectivity index (χ2n) is 7.88. The Balaban J connectivity index is 1.77. The van der Waals surface area contributed by atoms with Gasteiger partial charge in [0, 0.05) is 28.9 Å². The first-order valence-corrected chi connectivity index (χ1v) is 11.5. The lowest BCUT2D eigenvalue weighted by molar-refractivity contribution is 0.0792. The number of halogens is 1. The van der Waals surface area contributed by atoms with E-state index >= 15 is 0 Å². The Labute approximate surface area is 192 Å². The summed E-state index contributed by atoms with van der Waals surface area (Å²) in [4.78, 5) is 31.7. The molecule has 4 rings (SSSR count). The average Bonchev–Trinajstić information content (AvgIpc) is 2.91. The highest BCUT2D eigenvalue weighted by molar-refractivity contribution is 7.99. The molecule has 32 heavy (non-hydrogen) atoms. The van der Waals surface area contributed by atoms with Crippen LogP contribution in [-0.2, 0) is 6.54 Å². The zero-order chi connectivity index (χ0) is 22.7. The third-order valence-corrected chi connectivity index (χ3v) is 6.64. The number of nitrogens with zero attached hydrogens (tertiary/aromatic N) is 2. The van der Waals surface area contributed by atoms with Gasteiger partial charge in [-0.1, -0.05) is 49.4 Å². The van der Waals surface area contributed by atoms with Crippen LogP contribution in [0.4, 0.5) is 10.1 Å². The van der Waals surface area contributed by atoms with Gasteiger partial charge in [-0.2, -0.15) is 0 Å². The van der Waals surface area contributed by atoms with E-state index in [2.05, 4.69) is 6.92 Å². The van der Waals surface area contributed by atoms with Gasteiger partial charge in [0.2, 0.25) is 0 Å². The van der Waals surface area contributed by atoms with Crippen molar-refractivity contribution in [3.8, 4) is 0 Å². The van der Waals surface area contributed by atoms with Crippen LogP contribution in [-0.4, -0.2) is 30.3 Å². The van der Waals surface area contributed by atoms with Crippen LogP contribution in [0.25, 0.3) is 0 Å². The summed E-state index contributed by atoms with van der Waals surface area (Å²) < 4.78 is 13.8. The molecule has 2 amide bonds. The molecular weight excluding hydrogens is 423 g/mol. The molecular formula is C26H25FN2O2S. The monoisotopic (exact) mass is 448 g/mol. The van der Waals surface area contributed by atoms with Gasteiger partial charge in [0.05, 0.1) is 17.8 Å². The van der Waals surface area contributed by atoms with Crippen LogP contribution in [0.3, 0.4) is 0 Å². The predicted octanol–water partition coefficient (Wildman–Crippen LogP) is 6.01. The van der Waals surface area contributed by atoms with E-state index in [0.717, 1.165) is 22.6 Å². The highest BCUT2D eigenvalue weighted by Gasteiger charge is 2.28. The number of unbranched alkanes of at least 4 members (excludes halogenated alkanes) is 1. The molecule has 0 N–H and O–H groups in total. The molecule has 1 heterocycles. The highest BCUT2D eigenvalue weighted by Crippen LogP contribution is 2.42. The summed E-state index contributed by atoms with van der Waals surface area (Å²) in [5.41, 5.74) is 2.48. The van der Waals surface area contributed by atoms with Crippen LogP contribution in [0, 0.1) is 5.82 Å². The van der Waals surface area contributed by atoms with Gasteiger partial charge >= 0.3 is 0 Å². The Morgan fingerprint density at radius 3 is 2.62 bits per heavy atom. The van der Waals surface area contributed by atoms with Crippen molar-refractivity contribution in [2.75, 3.05) is 18.5 Å². The smallest absolute Gasteiger partial charge is 0.259 e. The molecule has 4 nitrogen and oxygen atoms in total. The Hall–Kier alpha value is -3.12. The number of benzene rings is 3. The third-order valence-electron chi connectivity index (χ3n) is 5.50. The molecule has 1 aliphatic heterocycles. The lowest BCUT2D eigenvalue weighted by Gasteiger charge is -2.24. The molecule has 0 saturated heterocycles. The predicted molar refractivity (Wildman–Crippen MR) is 126 cm³/mol. The van der Waals surface area contributed by atoms with Crippen LogP contribution >= 0.6 is 11.8 Å². The highest BCUT2D eigenvalue weighted by atomic mass is 32.2. The Bertz CT molecular complexity index is 1160. The van der Waals surface area contributed by atoms with Crippen molar-refractivity contribution in [2.24, 2.45) is 0 Å². The maximum atomic E-state index is 13.8. The van der Waals surface area contributed by atoms with Crippen molar-refractivity contribution >= 4 is 29.3 Å². The number of hydrogen-bond acceptors (Lipinski definition) is 3. The van der Waals surface area contributed by atoms with Crippen molar-refractivity contribution in [1.82, 2.24) is 4.90 Å². The van der Waals surface area contributed by atoms with Gasteiger partial charge in [-0.25, -0.2) is 4.39 Å². The topological polar surface area (TPSA) is 40.6 Å². The fourth-order valence-corrected chi connectivity index (χ4v) is 4.80.